The van der Waals surface area contributed by atoms with E-state index in [4.69, 9.17) is 11.2 Å². The van der Waals surface area contributed by atoms with E-state index < -0.39 is 0 Å². The molecule has 1 rings (SSSR count). The molecule has 0 saturated heterocycles. The van der Waals surface area contributed by atoms with Crippen molar-refractivity contribution in [2.24, 2.45) is 0 Å². The number of rotatable bonds is 2. The van der Waals surface area contributed by atoms with Gasteiger partial charge in [-0.15, -0.1) is 6.42 Å². The Morgan fingerprint density at radius 1 is 1.40 bits per heavy atom. The summed E-state index contributed by atoms with van der Waals surface area (Å²) in [4.78, 5) is 0. The highest BCUT2D eigenvalue weighted by molar-refractivity contribution is 9.10. The first-order valence-electron chi connectivity index (χ1n) is 4.81. The van der Waals surface area contributed by atoms with E-state index in [1.54, 1.807) is 0 Å². The van der Waals surface area contributed by atoms with E-state index in [-0.39, 0.29) is 5.41 Å². The number of halogens is 1. The van der Waals surface area contributed by atoms with Crippen LogP contribution in [0.25, 0.3) is 0 Å². The summed E-state index contributed by atoms with van der Waals surface area (Å²) in [6.07, 6.45) is 5.14. The van der Waals surface area contributed by atoms with Crippen molar-refractivity contribution in [3.63, 3.8) is 0 Å². The van der Waals surface area contributed by atoms with E-state index >= 15 is 0 Å². The lowest BCUT2D eigenvalue weighted by atomic mass is 9.87. The number of ether oxygens (including phenoxy) is 1. The lowest BCUT2D eigenvalue weighted by molar-refractivity contribution is 0.367. The molecule has 0 bridgehead atoms. The summed E-state index contributed by atoms with van der Waals surface area (Å²) in [5, 5.41) is 0. The first-order chi connectivity index (χ1) is 6.95. The molecule has 0 heterocycles. The lowest BCUT2D eigenvalue weighted by Crippen LogP contribution is -2.11. The van der Waals surface area contributed by atoms with Gasteiger partial charge in [-0.25, -0.2) is 0 Å². The zero-order valence-electron chi connectivity index (χ0n) is 9.30. The van der Waals surface area contributed by atoms with E-state index in [2.05, 4.69) is 54.8 Å². The average Bonchev–Trinajstić information content (AvgIpc) is 2.14. The van der Waals surface area contributed by atoms with E-state index in [1.807, 2.05) is 6.07 Å². The maximum atomic E-state index is 5.37. The molecule has 0 saturated carbocycles. The van der Waals surface area contributed by atoms with Crippen molar-refractivity contribution in [2.45, 2.75) is 26.2 Å². The summed E-state index contributed by atoms with van der Waals surface area (Å²) in [5.41, 5.74) is 1.41. The smallest absolute Gasteiger partial charge is 0.148 e. The third kappa shape index (κ3) is 3.28. The Morgan fingerprint density at radius 2 is 2.07 bits per heavy atom. The van der Waals surface area contributed by atoms with Gasteiger partial charge < -0.3 is 4.74 Å². The Hall–Kier alpha value is -0.940. The average molecular weight is 267 g/mol. The van der Waals surface area contributed by atoms with Crippen LogP contribution in [0.4, 0.5) is 0 Å². The summed E-state index contributed by atoms with van der Waals surface area (Å²) in [5.74, 6) is 3.24. The van der Waals surface area contributed by atoms with Crippen molar-refractivity contribution in [2.75, 3.05) is 6.61 Å². The largest absolute Gasteiger partial charge is 0.480 e. The zero-order valence-corrected chi connectivity index (χ0v) is 10.9. The van der Waals surface area contributed by atoms with Gasteiger partial charge in [0.15, 0.2) is 0 Å². The molecule has 0 radical (unpaired) electrons. The van der Waals surface area contributed by atoms with Gasteiger partial charge in [0.1, 0.15) is 12.4 Å². The second kappa shape index (κ2) is 4.72. The number of hydrogen-bond donors (Lipinski definition) is 0. The minimum Gasteiger partial charge on any atom is -0.480 e. The van der Waals surface area contributed by atoms with Crippen LogP contribution in [-0.2, 0) is 5.41 Å². The molecule has 0 N–H and O–H groups in total. The molecule has 80 valence electrons. The topological polar surface area (TPSA) is 9.23 Å². The number of terminal acetylenes is 1. The van der Waals surface area contributed by atoms with Crippen molar-refractivity contribution in [1.82, 2.24) is 0 Å². The van der Waals surface area contributed by atoms with Crippen molar-refractivity contribution in [3.8, 4) is 18.1 Å². The molecule has 0 fully saturated rings. The van der Waals surface area contributed by atoms with E-state index in [0.29, 0.717) is 6.61 Å². The Balaban J connectivity index is 2.94. The standard InChI is InChI=1S/C13H15BrO/c1-5-8-15-12-7-6-10(9-11(12)14)13(2,3)4/h1,6-7,9H,8H2,2-4H3. The third-order valence-electron chi connectivity index (χ3n) is 2.11. The molecule has 0 aliphatic heterocycles. The summed E-state index contributed by atoms with van der Waals surface area (Å²) in [7, 11) is 0. The van der Waals surface area contributed by atoms with Crippen LogP contribution >= 0.6 is 15.9 Å². The Kier molecular flexibility index (Phi) is 3.82. The zero-order chi connectivity index (χ0) is 11.5. The van der Waals surface area contributed by atoms with Gasteiger partial charge in [0.05, 0.1) is 4.47 Å². The molecule has 1 aromatic carbocycles. The van der Waals surface area contributed by atoms with Crippen molar-refractivity contribution >= 4 is 15.9 Å². The van der Waals surface area contributed by atoms with Gasteiger partial charge >= 0.3 is 0 Å². The maximum Gasteiger partial charge on any atom is 0.148 e. The van der Waals surface area contributed by atoms with Crippen LogP contribution in [0.2, 0.25) is 0 Å². The molecule has 0 amide bonds. The van der Waals surface area contributed by atoms with Gasteiger partial charge in [-0.1, -0.05) is 32.8 Å². The first-order valence-corrected chi connectivity index (χ1v) is 5.61. The molecule has 0 atom stereocenters. The second-order valence-corrected chi connectivity index (χ2v) is 5.24. The third-order valence-corrected chi connectivity index (χ3v) is 2.73. The fourth-order valence-electron chi connectivity index (χ4n) is 1.20. The molecule has 0 unspecified atom stereocenters. The molecule has 0 aliphatic rings. The van der Waals surface area contributed by atoms with E-state index in [1.165, 1.54) is 5.56 Å². The van der Waals surface area contributed by atoms with Crippen molar-refractivity contribution in [3.05, 3.63) is 28.2 Å². The summed E-state index contributed by atoms with van der Waals surface area (Å²) < 4.78 is 6.32. The summed E-state index contributed by atoms with van der Waals surface area (Å²) in [6.45, 7) is 6.83. The van der Waals surface area contributed by atoms with Crippen molar-refractivity contribution < 1.29 is 4.74 Å². The van der Waals surface area contributed by atoms with Gasteiger partial charge in [0.25, 0.3) is 0 Å². The molecule has 15 heavy (non-hydrogen) atoms. The number of hydrogen-bond acceptors (Lipinski definition) is 1. The van der Waals surface area contributed by atoms with Crippen LogP contribution in [0.15, 0.2) is 22.7 Å². The molecule has 2 heteroatoms. The molecule has 0 spiro atoms. The van der Waals surface area contributed by atoms with Gasteiger partial charge in [-0.3, -0.25) is 0 Å². The predicted octanol–water partition coefficient (Wildman–Crippen LogP) is 3.76. The highest BCUT2D eigenvalue weighted by atomic mass is 79.9. The van der Waals surface area contributed by atoms with Crippen molar-refractivity contribution in [1.29, 1.82) is 0 Å². The van der Waals surface area contributed by atoms with Gasteiger partial charge in [-0.05, 0) is 39.0 Å². The Morgan fingerprint density at radius 3 is 2.53 bits per heavy atom. The summed E-state index contributed by atoms with van der Waals surface area (Å²) >= 11 is 3.48. The van der Waals surface area contributed by atoms with Crippen LogP contribution in [0, 0.1) is 12.3 Å². The van der Waals surface area contributed by atoms with E-state index in [0.717, 1.165) is 10.2 Å². The molecule has 1 aromatic rings. The second-order valence-electron chi connectivity index (χ2n) is 4.39. The first kappa shape index (κ1) is 12.1. The molecular formula is C13H15BrO. The Labute approximate surface area is 100.0 Å². The maximum absolute atomic E-state index is 5.37. The molecular weight excluding hydrogens is 252 g/mol. The van der Waals surface area contributed by atoms with Crippen LogP contribution < -0.4 is 4.74 Å². The monoisotopic (exact) mass is 266 g/mol. The fraction of sp³-hybridized carbons (Fsp3) is 0.385. The SMILES string of the molecule is C#CCOc1ccc(C(C)(C)C)cc1Br. The van der Waals surface area contributed by atoms with Gasteiger partial charge in [0.2, 0.25) is 0 Å². The molecule has 0 aliphatic carbocycles. The fourth-order valence-corrected chi connectivity index (χ4v) is 1.70. The lowest BCUT2D eigenvalue weighted by Gasteiger charge is -2.20. The quantitative estimate of drug-likeness (QED) is 0.741. The Bertz CT molecular complexity index is 383. The minimum absolute atomic E-state index is 0.146. The number of benzene rings is 1. The minimum atomic E-state index is 0.146. The normalized spacial score (nSPS) is 10.9. The van der Waals surface area contributed by atoms with E-state index in [9.17, 15) is 0 Å². The van der Waals surface area contributed by atoms with Crippen LogP contribution in [0.1, 0.15) is 26.3 Å². The highest BCUT2D eigenvalue weighted by Gasteiger charge is 2.14. The molecule has 1 nitrogen and oxygen atoms in total. The summed E-state index contributed by atoms with van der Waals surface area (Å²) in [6, 6.07) is 6.09. The predicted molar refractivity (Wildman–Crippen MR) is 67.2 cm³/mol. The van der Waals surface area contributed by atoms with Gasteiger partial charge in [-0.2, -0.15) is 0 Å². The van der Waals surface area contributed by atoms with Crippen LogP contribution in [0.3, 0.4) is 0 Å². The van der Waals surface area contributed by atoms with Crippen LogP contribution in [0.5, 0.6) is 5.75 Å². The molecule has 0 aromatic heterocycles. The van der Waals surface area contributed by atoms with Crippen LogP contribution in [-0.4, -0.2) is 6.61 Å². The van der Waals surface area contributed by atoms with Gasteiger partial charge in [0, 0.05) is 0 Å². The highest BCUT2D eigenvalue weighted by Crippen LogP contribution is 2.31.